The van der Waals surface area contributed by atoms with Crippen molar-refractivity contribution in [2.75, 3.05) is 6.61 Å². The average Bonchev–Trinajstić information content (AvgIpc) is 2.94. The molecule has 5 heteroatoms. The highest BCUT2D eigenvalue weighted by Gasteiger charge is 2.09. The standard InChI is InChI=1S/C32H37NO4/c1-2-3-4-5-6-7-8-9-10-23-35-29-19-21-31(22-20-29)37-32(34)28-15-17-30(18-16-28)36-25-27-13-11-26(24-33)12-14-27/h11-22H,2-10,23,25H2,1H3. The molecule has 0 aliphatic carbocycles. The van der Waals surface area contributed by atoms with E-state index in [1.54, 1.807) is 48.5 Å². The number of hydrogen-bond donors (Lipinski definition) is 0. The molecular formula is C32H37NO4. The monoisotopic (exact) mass is 499 g/mol. The average molecular weight is 500 g/mol. The number of nitriles is 1. The minimum atomic E-state index is -0.429. The molecule has 0 aliphatic rings. The van der Waals surface area contributed by atoms with E-state index in [-0.39, 0.29) is 0 Å². The molecule has 0 heterocycles. The summed E-state index contributed by atoms with van der Waals surface area (Å²) in [6, 6.07) is 23.3. The minimum Gasteiger partial charge on any atom is -0.494 e. The van der Waals surface area contributed by atoms with Crippen LogP contribution in [0.2, 0.25) is 0 Å². The van der Waals surface area contributed by atoms with Gasteiger partial charge in [-0.3, -0.25) is 0 Å². The van der Waals surface area contributed by atoms with Crippen molar-refractivity contribution in [2.24, 2.45) is 0 Å². The van der Waals surface area contributed by atoms with Gasteiger partial charge in [-0.05, 0) is 72.6 Å². The molecule has 3 aromatic carbocycles. The first-order valence-electron chi connectivity index (χ1n) is 13.3. The normalized spacial score (nSPS) is 10.5. The first kappa shape index (κ1) is 27.8. The van der Waals surface area contributed by atoms with Crippen LogP contribution in [-0.4, -0.2) is 12.6 Å². The van der Waals surface area contributed by atoms with Crippen molar-refractivity contribution in [1.82, 2.24) is 0 Å². The first-order chi connectivity index (χ1) is 18.2. The maximum atomic E-state index is 12.5. The number of hydrogen-bond acceptors (Lipinski definition) is 5. The molecule has 0 bridgehead atoms. The zero-order chi connectivity index (χ0) is 26.1. The van der Waals surface area contributed by atoms with E-state index in [1.807, 2.05) is 24.3 Å². The van der Waals surface area contributed by atoms with Gasteiger partial charge in [0.25, 0.3) is 0 Å². The number of nitrogens with zero attached hydrogens (tertiary/aromatic N) is 1. The molecule has 37 heavy (non-hydrogen) atoms. The predicted molar refractivity (Wildman–Crippen MR) is 146 cm³/mol. The Bertz CT molecular complexity index is 1100. The molecule has 0 aliphatic heterocycles. The largest absolute Gasteiger partial charge is 0.494 e. The van der Waals surface area contributed by atoms with E-state index in [9.17, 15) is 4.79 Å². The third kappa shape index (κ3) is 10.4. The summed E-state index contributed by atoms with van der Waals surface area (Å²) in [7, 11) is 0. The zero-order valence-electron chi connectivity index (χ0n) is 21.8. The second kappa shape index (κ2) is 16.1. The summed E-state index contributed by atoms with van der Waals surface area (Å²) in [5, 5.41) is 8.87. The van der Waals surface area contributed by atoms with E-state index in [1.165, 1.54) is 51.4 Å². The molecule has 5 nitrogen and oxygen atoms in total. The zero-order valence-corrected chi connectivity index (χ0v) is 21.8. The van der Waals surface area contributed by atoms with Gasteiger partial charge < -0.3 is 14.2 Å². The van der Waals surface area contributed by atoms with E-state index in [4.69, 9.17) is 19.5 Å². The summed E-state index contributed by atoms with van der Waals surface area (Å²) in [6.45, 7) is 3.33. The number of unbranched alkanes of at least 4 members (excludes halogenated alkanes) is 8. The lowest BCUT2D eigenvalue weighted by molar-refractivity contribution is 0.0734. The Morgan fingerprint density at radius 1 is 0.676 bits per heavy atom. The molecule has 0 N–H and O–H groups in total. The van der Waals surface area contributed by atoms with Gasteiger partial charge in [-0.2, -0.15) is 5.26 Å². The summed E-state index contributed by atoms with van der Waals surface area (Å²) in [5.41, 5.74) is 2.02. The van der Waals surface area contributed by atoms with Crippen LogP contribution >= 0.6 is 0 Å². The molecule has 0 amide bonds. The topological polar surface area (TPSA) is 68.6 Å². The molecule has 0 atom stereocenters. The van der Waals surface area contributed by atoms with Crippen LogP contribution in [0, 0.1) is 11.3 Å². The number of ether oxygens (including phenoxy) is 3. The Kier molecular flexibility index (Phi) is 12.1. The number of carbonyl (C=O) groups is 1. The smallest absolute Gasteiger partial charge is 0.343 e. The summed E-state index contributed by atoms with van der Waals surface area (Å²) < 4.78 is 17.1. The van der Waals surface area contributed by atoms with Gasteiger partial charge in [0.1, 0.15) is 23.9 Å². The maximum Gasteiger partial charge on any atom is 0.343 e. The predicted octanol–water partition coefficient (Wildman–Crippen LogP) is 8.27. The third-order valence-electron chi connectivity index (χ3n) is 6.13. The van der Waals surface area contributed by atoms with Crippen LogP contribution in [0.15, 0.2) is 72.8 Å². The van der Waals surface area contributed by atoms with Gasteiger partial charge in [0, 0.05) is 0 Å². The summed E-state index contributed by atoms with van der Waals surface area (Å²) in [6.07, 6.45) is 11.6. The highest BCUT2D eigenvalue weighted by Crippen LogP contribution is 2.21. The molecule has 194 valence electrons. The third-order valence-corrected chi connectivity index (χ3v) is 6.13. The van der Waals surface area contributed by atoms with Crippen molar-refractivity contribution in [1.29, 1.82) is 5.26 Å². The van der Waals surface area contributed by atoms with Crippen molar-refractivity contribution in [2.45, 2.75) is 71.3 Å². The Labute approximate surface area is 221 Å². The number of rotatable bonds is 16. The second-order valence-corrected chi connectivity index (χ2v) is 9.16. The highest BCUT2D eigenvalue weighted by molar-refractivity contribution is 5.91. The van der Waals surface area contributed by atoms with Crippen LogP contribution in [0.4, 0.5) is 0 Å². The quantitative estimate of drug-likeness (QED) is 0.113. The minimum absolute atomic E-state index is 0.378. The molecule has 3 aromatic rings. The molecule has 0 unspecified atom stereocenters. The fourth-order valence-electron chi connectivity index (χ4n) is 3.90. The van der Waals surface area contributed by atoms with Crippen LogP contribution < -0.4 is 14.2 Å². The van der Waals surface area contributed by atoms with Crippen LogP contribution in [-0.2, 0) is 6.61 Å². The molecule has 0 saturated heterocycles. The van der Waals surface area contributed by atoms with Gasteiger partial charge in [0.05, 0.1) is 23.8 Å². The fraction of sp³-hybridized carbons (Fsp3) is 0.375. The van der Waals surface area contributed by atoms with Crippen molar-refractivity contribution in [3.63, 3.8) is 0 Å². The van der Waals surface area contributed by atoms with E-state index in [0.717, 1.165) is 17.7 Å². The Morgan fingerprint density at radius 2 is 1.22 bits per heavy atom. The van der Waals surface area contributed by atoms with Crippen LogP contribution in [0.25, 0.3) is 0 Å². The molecule has 3 rings (SSSR count). The van der Waals surface area contributed by atoms with Gasteiger partial charge >= 0.3 is 5.97 Å². The van der Waals surface area contributed by atoms with Crippen LogP contribution in [0.1, 0.15) is 86.2 Å². The Hall–Kier alpha value is -3.78. The summed E-state index contributed by atoms with van der Waals surface area (Å²) >= 11 is 0. The van der Waals surface area contributed by atoms with Crippen molar-refractivity contribution < 1.29 is 19.0 Å². The van der Waals surface area contributed by atoms with Crippen molar-refractivity contribution in [3.8, 4) is 23.3 Å². The fourth-order valence-corrected chi connectivity index (χ4v) is 3.90. The summed E-state index contributed by atoms with van der Waals surface area (Å²) in [4.78, 5) is 12.5. The van der Waals surface area contributed by atoms with Crippen LogP contribution in [0.5, 0.6) is 17.2 Å². The van der Waals surface area contributed by atoms with Gasteiger partial charge in [0.2, 0.25) is 0 Å². The van der Waals surface area contributed by atoms with Gasteiger partial charge in [-0.25, -0.2) is 4.79 Å². The number of carbonyl (C=O) groups excluding carboxylic acids is 1. The number of benzene rings is 3. The van der Waals surface area contributed by atoms with Crippen molar-refractivity contribution >= 4 is 5.97 Å². The highest BCUT2D eigenvalue weighted by atomic mass is 16.5. The maximum absolute atomic E-state index is 12.5. The molecule has 0 radical (unpaired) electrons. The Balaban J connectivity index is 1.33. The first-order valence-corrected chi connectivity index (χ1v) is 13.3. The van der Waals surface area contributed by atoms with Crippen molar-refractivity contribution in [3.05, 3.63) is 89.5 Å². The molecule has 0 aromatic heterocycles. The lowest BCUT2D eigenvalue weighted by Gasteiger charge is -2.09. The van der Waals surface area contributed by atoms with Gasteiger partial charge in [0.15, 0.2) is 0 Å². The SMILES string of the molecule is CCCCCCCCCCCOc1ccc(OC(=O)c2ccc(OCc3ccc(C#N)cc3)cc2)cc1. The van der Waals surface area contributed by atoms with E-state index >= 15 is 0 Å². The summed E-state index contributed by atoms with van der Waals surface area (Å²) in [5.74, 6) is 1.47. The van der Waals surface area contributed by atoms with Gasteiger partial charge in [-0.1, -0.05) is 70.4 Å². The molecule has 0 spiro atoms. The lowest BCUT2D eigenvalue weighted by atomic mass is 10.1. The number of esters is 1. The lowest BCUT2D eigenvalue weighted by Crippen LogP contribution is -2.08. The second-order valence-electron chi connectivity index (χ2n) is 9.16. The Morgan fingerprint density at radius 3 is 1.84 bits per heavy atom. The van der Waals surface area contributed by atoms with Gasteiger partial charge in [-0.15, -0.1) is 0 Å². The van der Waals surface area contributed by atoms with E-state index in [0.29, 0.717) is 35.8 Å². The van der Waals surface area contributed by atoms with Crippen LogP contribution in [0.3, 0.4) is 0 Å². The molecule has 0 fully saturated rings. The van der Waals surface area contributed by atoms with E-state index < -0.39 is 5.97 Å². The van der Waals surface area contributed by atoms with E-state index in [2.05, 4.69) is 13.0 Å². The molecule has 0 saturated carbocycles. The molecular weight excluding hydrogens is 462 g/mol.